The van der Waals surface area contributed by atoms with Gasteiger partial charge in [-0.05, 0) is 65.5 Å². The van der Waals surface area contributed by atoms with Gasteiger partial charge in [-0.3, -0.25) is 4.90 Å². The van der Waals surface area contributed by atoms with Crippen molar-refractivity contribution < 1.29 is 0 Å². The molecule has 0 amide bonds. The highest BCUT2D eigenvalue weighted by Gasteiger charge is 2.25. The zero-order valence-electron chi connectivity index (χ0n) is 12.1. The van der Waals surface area contributed by atoms with Crippen molar-refractivity contribution in [3.05, 3.63) is 33.3 Å². The standard InChI is InChI=1S/C16H24BrClN2/c1-2-3-12-6-8-20(9-7-12)16(11-19)13-4-5-14(17)15(18)10-13/h4-5,10,12,16H,2-3,6-9,11,19H2,1H3. The van der Waals surface area contributed by atoms with E-state index in [0.29, 0.717) is 12.6 Å². The predicted molar refractivity (Wildman–Crippen MR) is 90.2 cm³/mol. The third kappa shape index (κ3) is 3.97. The van der Waals surface area contributed by atoms with Crippen molar-refractivity contribution in [3.8, 4) is 0 Å². The van der Waals surface area contributed by atoms with E-state index in [1.807, 2.05) is 12.1 Å². The molecule has 0 saturated carbocycles. The first-order chi connectivity index (χ1) is 9.65. The number of halogens is 2. The average Bonchev–Trinajstić information content (AvgIpc) is 2.46. The summed E-state index contributed by atoms with van der Waals surface area (Å²) in [5.74, 6) is 0.906. The molecule has 2 N–H and O–H groups in total. The lowest BCUT2D eigenvalue weighted by atomic mass is 9.91. The van der Waals surface area contributed by atoms with Gasteiger partial charge in [0.05, 0.1) is 5.02 Å². The van der Waals surface area contributed by atoms with Crippen LogP contribution in [0.25, 0.3) is 0 Å². The second-order valence-corrected chi connectivity index (χ2v) is 6.95. The van der Waals surface area contributed by atoms with Crippen molar-refractivity contribution in [2.45, 2.75) is 38.6 Å². The van der Waals surface area contributed by atoms with E-state index in [1.165, 1.54) is 31.2 Å². The number of nitrogens with zero attached hydrogens (tertiary/aromatic N) is 1. The Hall–Kier alpha value is -0.0900. The van der Waals surface area contributed by atoms with Crippen molar-refractivity contribution in [2.24, 2.45) is 11.7 Å². The third-order valence-electron chi connectivity index (χ3n) is 4.34. The van der Waals surface area contributed by atoms with E-state index in [1.54, 1.807) is 0 Å². The molecular formula is C16H24BrClN2. The fourth-order valence-corrected chi connectivity index (χ4v) is 3.61. The summed E-state index contributed by atoms with van der Waals surface area (Å²) in [5.41, 5.74) is 7.25. The summed E-state index contributed by atoms with van der Waals surface area (Å²) >= 11 is 9.66. The Bertz CT molecular complexity index is 430. The number of benzene rings is 1. The predicted octanol–water partition coefficient (Wildman–Crippen LogP) is 4.61. The molecule has 1 aromatic carbocycles. The molecule has 1 aliphatic rings. The Morgan fingerprint density at radius 2 is 2.10 bits per heavy atom. The Labute approximate surface area is 135 Å². The van der Waals surface area contributed by atoms with E-state index in [0.717, 1.165) is 28.5 Å². The number of rotatable bonds is 5. The first-order valence-electron chi connectivity index (χ1n) is 7.54. The molecule has 0 radical (unpaired) electrons. The second-order valence-electron chi connectivity index (χ2n) is 5.69. The van der Waals surface area contributed by atoms with E-state index in [9.17, 15) is 0 Å². The van der Waals surface area contributed by atoms with Crippen LogP contribution in [0.2, 0.25) is 5.02 Å². The van der Waals surface area contributed by atoms with Crippen LogP contribution in [0.3, 0.4) is 0 Å². The lowest BCUT2D eigenvalue weighted by molar-refractivity contribution is 0.132. The number of piperidine rings is 1. The lowest BCUT2D eigenvalue weighted by Gasteiger charge is -2.37. The Morgan fingerprint density at radius 1 is 1.40 bits per heavy atom. The van der Waals surface area contributed by atoms with Crippen LogP contribution in [0.5, 0.6) is 0 Å². The molecular weight excluding hydrogens is 336 g/mol. The van der Waals surface area contributed by atoms with Crippen molar-refractivity contribution in [3.63, 3.8) is 0 Å². The summed E-state index contributed by atoms with van der Waals surface area (Å²) in [6, 6.07) is 6.49. The minimum Gasteiger partial charge on any atom is -0.329 e. The van der Waals surface area contributed by atoms with Crippen molar-refractivity contribution in [2.75, 3.05) is 19.6 Å². The minimum atomic E-state index is 0.295. The molecule has 1 saturated heterocycles. The Balaban J connectivity index is 2.03. The minimum absolute atomic E-state index is 0.295. The van der Waals surface area contributed by atoms with E-state index < -0.39 is 0 Å². The van der Waals surface area contributed by atoms with Gasteiger partial charge in [-0.15, -0.1) is 0 Å². The van der Waals surface area contributed by atoms with Crippen molar-refractivity contribution >= 4 is 27.5 Å². The van der Waals surface area contributed by atoms with Crippen LogP contribution in [-0.4, -0.2) is 24.5 Å². The van der Waals surface area contributed by atoms with Crippen LogP contribution in [0.4, 0.5) is 0 Å². The third-order valence-corrected chi connectivity index (χ3v) is 5.57. The van der Waals surface area contributed by atoms with Gasteiger partial charge in [0.15, 0.2) is 0 Å². The fourth-order valence-electron chi connectivity index (χ4n) is 3.18. The Kier molecular flexibility index (Phi) is 6.34. The molecule has 0 bridgehead atoms. The second kappa shape index (κ2) is 7.79. The summed E-state index contributed by atoms with van der Waals surface area (Å²) < 4.78 is 0.945. The molecule has 1 aliphatic heterocycles. The molecule has 1 aromatic rings. The maximum atomic E-state index is 6.21. The van der Waals surface area contributed by atoms with Crippen LogP contribution in [-0.2, 0) is 0 Å². The molecule has 1 unspecified atom stereocenters. The van der Waals surface area contributed by atoms with Crippen LogP contribution < -0.4 is 5.73 Å². The normalized spacial score (nSPS) is 19.2. The van der Waals surface area contributed by atoms with Gasteiger partial charge >= 0.3 is 0 Å². The monoisotopic (exact) mass is 358 g/mol. The summed E-state index contributed by atoms with van der Waals surface area (Å²) in [6.07, 6.45) is 5.27. The van der Waals surface area contributed by atoms with E-state index in [-0.39, 0.29) is 0 Å². The lowest BCUT2D eigenvalue weighted by Crippen LogP contribution is -2.39. The van der Waals surface area contributed by atoms with E-state index in [2.05, 4.69) is 33.8 Å². The first-order valence-corrected chi connectivity index (χ1v) is 8.71. The molecule has 2 rings (SSSR count). The SMILES string of the molecule is CCCC1CCN(C(CN)c2ccc(Br)c(Cl)c2)CC1. The van der Waals surface area contributed by atoms with Crippen LogP contribution in [0.1, 0.15) is 44.2 Å². The molecule has 2 nitrogen and oxygen atoms in total. The zero-order valence-corrected chi connectivity index (χ0v) is 14.5. The van der Waals surface area contributed by atoms with Gasteiger partial charge in [0, 0.05) is 17.1 Å². The molecule has 0 aliphatic carbocycles. The molecule has 112 valence electrons. The molecule has 0 aromatic heterocycles. The maximum absolute atomic E-state index is 6.21. The first kappa shape index (κ1) is 16.3. The molecule has 4 heteroatoms. The summed E-state index contributed by atoms with van der Waals surface area (Å²) in [6.45, 7) is 5.23. The van der Waals surface area contributed by atoms with E-state index in [4.69, 9.17) is 17.3 Å². The smallest absolute Gasteiger partial charge is 0.0551 e. The average molecular weight is 360 g/mol. The molecule has 0 spiro atoms. The highest BCUT2D eigenvalue weighted by Crippen LogP contribution is 2.31. The maximum Gasteiger partial charge on any atom is 0.0551 e. The molecule has 20 heavy (non-hydrogen) atoms. The Morgan fingerprint density at radius 3 is 2.65 bits per heavy atom. The zero-order chi connectivity index (χ0) is 14.5. The number of hydrogen-bond acceptors (Lipinski definition) is 2. The largest absolute Gasteiger partial charge is 0.329 e. The van der Waals surface area contributed by atoms with Gasteiger partial charge < -0.3 is 5.73 Å². The highest BCUT2D eigenvalue weighted by molar-refractivity contribution is 9.10. The number of nitrogens with two attached hydrogens (primary N) is 1. The quantitative estimate of drug-likeness (QED) is 0.831. The summed E-state index contributed by atoms with van der Waals surface area (Å²) in [4.78, 5) is 2.52. The van der Waals surface area contributed by atoms with Crippen molar-refractivity contribution in [1.82, 2.24) is 4.90 Å². The number of hydrogen-bond donors (Lipinski definition) is 1. The van der Waals surface area contributed by atoms with Crippen LogP contribution >= 0.6 is 27.5 Å². The van der Waals surface area contributed by atoms with Crippen molar-refractivity contribution in [1.29, 1.82) is 0 Å². The molecule has 1 atom stereocenters. The van der Waals surface area contributed by atoms with Crippen LogP contribution in [0, 0.1) is 5.92 Å². The van der Waals surface area contributed by atoms with Gasteiger partial charge in [-0.25, -0.2) is 0 Å². The van der Waals surface area contributed by atoms with Gasteiger partial charge in [0.25, 0.3) is 0 Å². The molecule has 1 heterocycles. The fraction of sp³-hybridized carbons (Fsp3) is 0.625. The van der Waals surface area contributed by atoms with E-state index >= 15 is 0 Å². The molecule has 1 fully saturated rings. The van der Waals surface area contributed by atoms with Gasteiger partial charge in [-0.2, -0.15) is 0 Å². The highest BCUT2D eigenvalue weighted by atomic mass is 79.9. The van der Waals surface area contributed by atoms with Gasteiger partial charge in [-0.1, -0.05) is 37.4 Å². The van der Waals surface area contributed by atoms with Crippen LogP contribution in [0.15, 0.2) is 22.7 Å². The number of likely N-dealkylation sites (tertiary alicyclic amines) is 1. The van der Waals surface area contributed by atoms with Gasteiger partial charge in [0.1, 0.15) is 0 Å². The summed E-state index contributed by atoms with van der Waals surface area (Å²) in [5, 5.41) is 0.766. The summed E-state index contributed by atoms with van der Waals surface area (Å²) in [7, 11) is 0. The topological polar surface area (TPSA) is 29.3 Å². The van der Waals surface area contributed by atoms with Gasteiger partial charge in [0.2, 0.25) is 0 Å².